The van der Waals surface area contributed by atoms with Crippen molar-refractivity contribution in [1.82, 2.24) is 14.3 Å². The van der Waals surface area contributed by atoms with Crippen molar-refractivity contribution in [3.05, 3.63) is 29.8 Å². The lowest BCUT2D eigenvalue weighted by molar-refractivity contribution is 0.146. The van der Waals surface area contributed by atoms with Crippen LogP contribution in [0.15, 0.2) is 24.3 Å². The van der Waals surface area contributed by atoms with Gasteiger partial charge in [0, 0.05) is 8.88 Å². The number of nitrogens with one attached hydrogen (secondary N) is 2. The molecule has 76 valence electrons. The van der Waals surface area contributed by atoms with Crippen molar-refractivity contribution in [1.29, 1.82) is 0 Å². The predicted molar refractivity (Wildman–Crippen MR) is 64.9 cm³/mol. The molecule has 0 spiro atoms. The van der Waals surface area contributed by atoms with Crippen molar-refractivity contribution >= 4 is 26.6 Å². The van der Waals surface area contributed by atoms with Gasteiger partial charge in [-0.3, -0.25) is 9.72 Å². The third kappa shape index (κ3) is 3.10. The molecule has 0 radical (unpaired) electrons. The fourth-order valence-electron chi connectivity index (χ4n) is 1.04. The van der Waals surface area contributed by atoms with E-state index < -0.39 is 0 Å². The van der Waals surface area contributed by atoms with E-state index in [1.807, 2.05) is 22.8 Å². The van der Waals surface area contributed by atoms with Crippen molar-refractivity contribution < 1.29 is 4.84 Å². The molecule has 1 aliphatic rings. The molecule has 1 saturated heterocycles. The highest BCUT2D eigenvalue weighted by Gasteiger charge is 2.10. The molecule has 4 nitrogen and oxygen atoms in total. The van der Waals surface area contributed by atoms with E-state index in [9.17, 15) is 0 Å². The smallest absolute Gasteiger partial charge is 0.148 e. The quantitative estimate of drug-likeness (QED) is 0.786. The number of hydrogen-bond donors (Lipinski definition) is 2. The molecule has 2 unspecified atom stereocenters. The lowest BCUT2D eigenvalue weighted by Gasteiger charge is -2.26. The van der Waals surface area contributed by atoms with Crippen molar-refractivity contribution in [2.45, 2.75) is 6.92 Å². The second kappa shape index (κ2) is 5.32. The Morgan fingerprint density at radius 1 is 1.29 bits per heavy atom. The lowest BCUT2D eigenvalue weighted by Crippen LogP contribution is -2.19. The molecular weight excluding hydrogens is 235 g/mol. The molecule has 0 amide bonds. The molecule has 2 N–H and O–H groups in total. The number of aryl methyl sites for hydroxylation is 1. The normalized spacial score (nSPS) is 23.2. The maximum Gasteiger partial charge on any atom is 0.148 e. The molecule has 1 aromatic carbocycles. The van der Waals surface area contributed by atoms with Gasteiger partial charge >= 0.3 is 0 Å². The van der Waals surface area contributed by atoms with Crippen molar-refractivity contribution in [3.63, 3.8) is 0 Å². The zero-order chi connectivity index (χ0) is 9.80. The summed E-state index contributed by atoms with van der Waals surface area (Å²) in [5.74, 6) is 0.902. The van der Waals surface area contributed by atoms with Gasteiger partial charge in [0.25, 0.3) is 0 Å². The summed E-state index contributed by atoms with van der Waals surface area (Å²) in [4.78, 5) is 12.1. The van der Waals surface area contributed by atoms with Gasteiger partial charge in [-0.2, -0.15) is 0 Å². The third-order valence-electron chi connectivity index (χ3n) is 1.63. The second-order valence-electron chi connectivity index (χ2n) is 2.80. The minimum Gasteiger partial charge on any atom is -0.397 e. The highest BCUT2D eigenvalue weighted by atomic mass is 31.2. The summed E-state index contributed by atoms with van der Waals surface area (Å²) < 4.78 is 1.91. The van der Waals surface area contributed by atoms with Gasteiger partial charge in [-0.05, 0) is 24.6 Å². The zero-order valence-electron chi connectivity index (χ0n) is 7.66. The fourth-order valence-corrected chi connectivity index (χ4v) is 4.64. The van der Waals surface area contributed by atoms with E-state index in [1.54, 1.807) is 0 Å². The van der Waals surface area contributed by atoms with E-state index in [0.717, 1.165) is 5.75 Å². The molecule has 0 aliphatic carbocycles. The summed E-state index contributed by atoms with van der Waals surface area (Å²) in [5.41, 5.74) is 1.22. The first-order chi connectivity index (χ1) is 6.84. The van der Waals surface area contributed by atoms with E-state index in [0.29, 0.717) is 26.6 Å². The molecule has 1 heterocycles. The van der Waals surface area contributed by atoms with E-state index in [2.05, 4.69) is 22.7 Å². The van der Waals surface area contributed by atoms with E-state index in [4.69, 9.17) is 4.84 Å². The van der Waals surface area contributed by atoms with Gasteiger partial charge in [0.1, 0.15) is 5.75 Å². The Hall–Kier alpha value is 0.190. The van der Waals surface area contributed by atoms with Crippen LogP contribution >= 0.6 is 26.6 Å². The zero-order valence-corrected chi connectivity index (χ0v) is 10.7. The average molecular weight is 247 g/mol. The first-order valence-corrected chi connectivity index (χ1v) is 7.05. The average Bonchev–Trinajstić information content (AvgIpc) is 2.19. The molecule has 2 rings (SSSR count). The maximum absolute atomic E-state index is 5.67. The van der Waals surface area contributed by atoms with Crippen LogP contribution in [0.2, 0.25) is 0 Å². The number of rotatable bonds is 2. The maximum atomic E-state index is 5.67. The molecule has 14 heavy (non-hydrogen) atoms. The van der Waals surface area contributed by atoms with Crippen LogP contribution in [0.1, 0.15) is 5.56 Å². The highest BCUT2D eigenvalue weighted by molar-refractivity contribution is 7.65. The molecular formula is C7H12N3OP3. The molecule has 0 saturated carbocycles. The van der Waals surface area contributed by atoms with Crippen LogP contribution in [0.25, 0.3) is 0 Å². The molecule has 1 aromatic rings. The van der Waals surface area contributed by atoms with Crippen LogP contribution < -0.4 is 14.6 Å². The van der Waals surface area contributed by atoms with Gasteiger partial charge in [0.05, 0.1) is 17.8 Å². The summed E-state index contributed by atoms with van der Waals surface area (Å²) in [5, 5.41) is 0. The van der Waals surface area contributed by atoms with Crippen LogP contribution in [-0.2, 0) is 0 Å². The summed E-state index contributed by atoms with van der Waals surface area (Å²) in [7, 11) is 1.73. The Morgan fingerprint density at radius 3 is 2.79 bits per heavy atom. The first kappa shape index (κ1) is 10.7. The van der Waals surface area contributed by atoms with Gasteiger partial charge in [-0.1, -0.05) is 16.7 Å². The molecule has 0 aromatic heterocycles. The van der Waals surface area contributed by atoms with Crippen LogP contribution in [0.5, 0.6) is 5.75 Å². The lowest BCUT2D eigenvalue weighted by atomic mass is 10.2. The second-order valence-corrected chi connectivity index (χ2v) is 6.76. The van der Waals surface area contributed by atoms with Crippen molar-refractivity contribution in [3.8, 4) is 5.75 Å². The molecule has 1 aliphatic heterocycles. The standard InChI is InChI=1S/C7H12N3OP3/c1-6-3-2-4-7(5-6)11-10-13-8-12-9-14-10/h2-5,8-9,12-14H,1H3. The summed E-state index contributed by atoms with van der Waals surface area (Å²) in [6, 6.07) is 8.07. The summed E-state index contributed by atoms with van der Waals surface area (Å²) >= 11 is 0. The van der Waals surface area contributed by atoms with Gasteiger partial charge < -0.3 is 4.84 Å². The summed E-state index contributed by atoms with van der Waals surface area (Å²) in [6.45, 7) is 2.06. The topological polar surface area (TPSA) is 36.5 Å². The van der Waals surface area contributed by atoms with Crippen LogP contribution in [0, 0.1) is 6.92 Å². The minimum absolute atomic E-state index is 0.538. The fraction of sp³-hybridized carbons (Fsp3) is 0.143. The SMILES string of the molecule is Cc1cccc(ON2PNPNP2)c1. The minimum atomic E-state index is 0.538. The predicted octanol–water partition coefficient (Wildman–Crippen LogP) is 2.31. The highest BCUT2D eigenvalue weighted by Crippen LogP contribution is 2.37. The summed E-state index contributed by atoms with van der Waals surface area (Å²) in [6.07, 6.45) is 0. The molecule has 0 bridgehead atoms. The first-order valence-electron chi connectivity index (χ1n) is 4.16. The number of hydrogen-bond acceptors (Lipinski definition) is 4. The van der Waals surface area contributed by atoms with E-state index >= 15 is 0 Å². The molecule has 1 fully saturated rings. The van der Waals surface area contributed by atoms with Crippen LogP contribution in [0.3, 0.4) is 0 Å². The Balaban J connectivity index is 1.95. The van der Waals surface area contributed by atoms with Gasteiger partial charge in [0.2, 0.25) is 0 Å². The van der Waals surface area contributed by atoms with Gasteiger partial charge in [-0.25, -0.2) is 0 Å². The molecule has 7 heteroatoms. The molecule has 2 atom stereocenters. The number of nitrogens with zero attached hydrogens (tertiary/aromatic N) is 1. The Labute approximate surface area is 88.8 Å². The van der Waals surface area contributed by atoms with Crippen molar-refractivity contribution in [2.75, 3.05) is 0 Å². The van der Waals surface area contributed by atoms with Gasteiger partial charge in [0.15, 0.2) is 0 Å². The van der Waals surface area contributed by atoms with Crippen molar-refractivity contribution in [2.24, 2.45) is 0 Å². The Bertz CT molecular complexity index is 306. The van der Waals surface area contributed by atoms with Crippen LogP contribution in [-0.4, -0.2) is 4.60 Å². The monoisotopic (exact) mass is 247 g/mol. The Kier molecular flexibility index (Phi) is 4.07. The van der Waals surface area contributed by atoms with Crippen LogP contribution in [0.4, 0.5) is 0 Å². The number of benzene rings is 1. The Morgan fingerprint density at radius 2 is 2.07 bits per heavy atom. The van der Waals surface area contributed by atoms with Gasteiger partial charge in [-0.15, -0.1) is 0 Å². The largest absolute Gasteiger partial charge is 0.397 e. The van der Waals surface area contributed by atoms with E-state index in [-0.39, 0.29) is 0 Å². The van der Waals surface area contributed by atoms with E-state index in [1.165, 1.54) is 5.56 Å². The third-order valence-corrected chi connectivity index (χ3v) is 4.78.